The number of hydrogen-bond donors (Lipinski definition) is 0. The smallest absolute Gasteiger partial charge is 0.301 e. The molecule has 0 aliphatic rings. The molecule has 72 valence electrons. The molecule has 0 atom stereocenters. The number of nitrogens with zero attached hydrogens (tertiary/aromatic N) is 2. The lowest BCUT2D eigenvalue weighted by molar-refractivity contribution is -0.589. The molecule has 0 saturated carbocycles. The van der Waals surface area contributed by atoms with E-state index in [0.717, 1.165) is 15.8 Å². The summed E-state index contributed by atoms with van der Waals surface area (Å²) in [7, 11) is 0. The third-order valence-electron chi connectivity index (χ3n) is 2.36. The summed E-state index contributed by atoms with van der Waals surface area (Å²) in [4.78, 5) is 4.27. The van der Waals surface area contributed by atoms with Crippen molar-refractivity contribution >= 4 is 10.9 Å². The lowest BCUT2D eigenvalue weighted by atomic mass is 10.2. The Morgan fingerprint density at radius 2 is 2.07 bits per heavy atom. The van der Waals surface area contributed by atoms with E-state index in [9.17, 15) is 5.21 Å². The fraction of sp³-hybridized carbons (Fsp3) is 0.273. The molecule has 0 radical (unpaired) electrons. The predicted octanol–water partition coefficient (Wildman–Crippen LogP) is 1.74. The molecule has 1 aromatic carbocycles. The molecule has 0 bridgehead atoms. The number of benzene rings is 1. The van der Waals surface area contributed by atoms with E-state index in [-0.39, 0.29) is 0 Å². The van der Waals surface area contributed by atoms with Gasteiger partial charge in [0.15, 0.2) is 5.69 Å². The quantitative estimate of drug-likeness (QED) is 0.505. The zero-order valence-electron chi connectivity index (χ0n) is 8.32. The lowest BCUT2D eigenvalue weighted by Crippen LogP contribution is -2.34. The summed E-state index contributed by atoms with van der Waals surface area (Å²) in [5.74, 6) is 0.584. The van der Waals surface area contributed by atoms with Gasteiger partial charge in [-0.1, -0.05) is 24.0 Å². The summed E-state index contributed by atoms with van der Waals surface area (Å²) >= 11 is 0. The van der Waals surface area contributed by atoms with Crippen LogP contribution in [0.25, 0.3) is 10.9 Å². The summed E-state index contributed by atoms with van der Waals surface area (Å²) in [6.45, 7) is 3.87. The molecule has 3 nitrogen and oxygen atoms in total. The summed E-state index contributed by atoms with van der Waals surface area (Å²) in [6, 6.07) is 7.54. The Hall–Kier alpha value is -1.64. The van der Waals surface area contributed by atoms with E-state index in [4.69, 9.17) is 0 Å². The van der Waals surface area contributed by atoms with Gasteiger partial charge < -0.3 is 5.21 Å². The maximum atomic E-state index is 11.8. The van der Waals surface area contributed by atoms with Crippen LogP contribution in [0.4, 0.5) is 0 Å². The van der Waals surface area contributed by atoms with Gasteiger partial charge in [0.05, 0.1) is 11.8 Å². The normalized spacial score (nSPS) is 10.7. The Bertz CT molecular complexity index is 480. The average molecular weight is 188 g/mol. The number of aromatic nitrogens is 2. The average Bonchev–Trinajstić information content (AvgIpc) is 2.23. The van der Waals surface area contributed by atoms with Crippen LogP contribution >= 0.6 is 0 Å². The minimum atomic E-state index is 0.584. The van der Waals surface area contributed by atoms with E-state index in [1.54, 1.807) is 0 Å². The second kappa shape index (κ2) is 3.25. The second-order valence-electron chi connectivity index (χ2n) is 3.28. The maximum absolute atomic E-state index is 11.8. The number of para-hydroxylation sites is 1. The van der Waals surface area contributed by atoms with Crippen molar-refractivity contribution in [3.8, 4) is 0 Å². The fourth-order valence-electron chi connectivity index (χ4n) is 1.62. The lowest BCUT2D eigenvalue weighted by Gasteiger charge is -2.09. The summed E-state index contributed by atoms with van der Waals surface area (Å²) < 4.78 is 0.919. The zero-order valence-corrected chi connectivity index (χ0v) is 8.32. The van der Waals surface area contributed by atoms with Gasteiger partial charge in [0.1, 0.15) is 5.52 Å². The molecule has 0 saturated heterocycles. The van der Waals surface area contributed by atoms with Gasteiger partial charge in [-0.05, 0) is 12.1 Å². The number of aryl methyl sites for hydroxylation is 2. The van der Waals surface area contributed by atoms with Gasteiger partial charge >= 0.3 is 5.82 Å². The van der Waals surface area contributed by atoms with Crippen LogP contribution < -0.4 is 4.73 Å². The molecule has 3 heteroatoms. The first kappa shape index (κ1) is 8.94. The van der Waals surface area contributed by atoms with E-state index in [1.165, 1.54) is 0 Å². The molecule has 0 spiro atoms. The minimum Gasteiger partial charge on any atom is -0.710 e. The van der Waals surface area contributed by atoms with Gasteiger partial charge in [-0.2, -0.15) is 0 Å². The number of hydrogen-bond acceptors (Lipinski definition) is 2. The van der Waals surface area contributed by atoms with Crippen molar-refractivity contribution in [2.75, 3.05) is 0 Å². The molecule has 2 aromatic rings. The first-order chi connectivity index (χ1) is 6.74. The molecule has 0 amide bonds. The predicted molar refractivity (Wildman–Crippen MR) is 54.8 cm³/mol. The van der Waals surface area contributed by atoms with Crippen LogP contribution in [0.5, 0.6) is 0 Å². The summed E-state index contributed by atoms with van der Waals surface area (Å²) in [6.07, 6.45) is 0.662. The van der Waals surface area contributed by atoms with Gasteiger partial charge in [-0.25, -0.2) is 4.73 Å². The molecule has 0 aliphatic heterocycles. The van der Waals surface area contributed by atoms with Crippen LogP contribution in [0.15, 0.2) is 24.3 Å². The van der Waals surface area contributed by atoms with Crippen LogP contribution in [0.1, 0.15) is 18.4 Å². The largest absolute Gasteiger partial charge is 0.710 e. The monoisotopic (exact) mass is 188 g/mol. The van der Waals surface area contributed by atoms with Crippen molar-refractivity contribution in [2.45, 2.75) is 20.3 Å². The molecule has 1 aromatic heterocycles. The topological polar surface area (TPSA) is 39.8 Å². The third-order valence-corrected chi connectivity index (χ3v) is 2.36. The highest BCUT2D eigenvalue weighted by Gasteiger charge is 2.12. The standard InChI is InChI=1S/C11H12N2O/c1-3-11-12-8(2)9-6-4-5-7-10(9)13(11)14/h4-7H,3H2,1-2H3. The maximum Gasteiger partial charge on any atom is 0.301 e. The van der Waals surface area contributed by atoms with Crippen LogP contribution in [0.2, 0.25) is 0 Å². The van der Waals surface area contributed by atoms with E-state index in [0.29, 0.717) is 17.8 Å². The molecule has 1 heterocycles. The van der Waals surface area contributed by atoms with E-state index in [1.807, 2.05) is 38.1 Å². The third kappa shape index (κ3) is 1.21. The van der Waals surface area contributed by atoms with Crippen LogP contribution in [-0.4, -0.2) is 4.98 Å². The van der Waals surface area contributed by atoms with Gasteiger partial charge in [0.25, 0.3) is 0 Å². The second-order valence-corrected chi connectivity index (χ2v) is 3.28. The number of rotatable bonds is 1. The highest BCUT2D eigenvalue weighted by Crippen LogP contribution is 2.12. The van der Waals surface area contributed by atoms with Gasteiger partial charge in [0.2, 0.25) is 0 Å². The van der Waals surface area contributed by atoms with Gasteiger partial charge in [-0.15, -0.1) is 0 Å². The van der Waals surface area contributed by atoms with Crippen LogP contribution in [-0.2, 0) is 6.42 Å². The van der Waals surface area contributed by atoms with Crippen LogP contribution in [0, 0.1) is 12.1 Å². The molecule has 0 fully saturated rings. The van der Waals surface area contributed by atoms with Crippen molar-refractivity contribution in [1.29, 1.82) is 0 Å². The van der Waals surface area contributed by atoms with Crippen molar-refractivity contribution in [3.05, 3.63) is 41.0 Å². The van der Waals surface area contributed by atoms with E-state index < -0.39 is 0 Å². The Morgan fingerprint density at radius 3 is 2.79 bits per heavy atom. The van der Waals surface area contributed by atoms with E-state index >= 15 is 0 Å². The van der Waals surface area contributed by atoms with Crippen molar-refractivity contribution in [1.82, 2.24) is 4.98 Å². The summed E-state index contributed by atoms with van der Waals surface area (Å²) in [5, 5.41) is 12.7. The van der Waals surface area contributed by atoms with Crippen molar-refractivity contribution < 1.29 is 4.73 Å². The molecule has 0 N–H and O–H groups in total. The Balaban J connectivity index is 2.87. The highest BCUT2D eigenvalue weighted by atomic mass is 16.5. The van der Waals surface area contributed by atoms with E-state index in [2.05, 4.69) is 4.98 Å². The Kier molecular flexibility index (Phi) is 2.08. The van der Waals surface area contributed by atoms with Gasteiger partial charge in [0, 0.05) is 6.92 Å². The zero-order chi connectivity index (χ0) is 10.1. The molecular weight excluding hydrogens is 176 g/mol. The summed E-state index contributed by atoms with van der Waals surface area (Å²) in [5.41, 5.74) is 1.63. The van der Waals surface area contributed by atoms with Crippen molar-refractivity contribution in [3.63, 3.8) is 0 Å². The van der Waals surface area contributed by atoms with Gasteiger partial charge in [-0.3, -0.25) is 0 Å². The molecule has 0 aliphatic carbocycles. The van der Waals surface area contributed by atoms with Crippen molar-refractivity contribution in [2.24, 2.45) is 0 Å². The highest BCUT2D eigenvalue weighted by molar-refractivity contribution is 5.77. The molecule has 0 unspecified atom stereocenters. The SMILES string of the molecule is CCc1nc(C)c2ccccc2[n+]1[O-]. The Morgan fingerprint density at radius 1 is 1.36 bits per heavy atom. The first-order valence-corrected chi connectivity index (χ1v) is 4.72. The molecule has 14 heavy (non-hydrogen) atoms. The fourth-order valence-corrected chi connectivity index (χ4v) is 1.62. The Labute approximate surface area is 82.6 Å². The molecular formula is C11H12N2O. The first-order valence-electron chi connectivity index (χ1n) is 4.72. The molecule has 2 rings (SSSR count). The number of fused-ring (bicyclic) bond motifs is 1. The van der Waals surface area contributed by atoms with Crippen LogP contribution in [0.3, 0.4) is 0 Å². The minimum absolute atomic E-state index is 0.584.